The molecule has 3 N–H and O–H groups in total. The van der Waals surface area contributed by atoms with Crippen LogP contribution in [0.15, 0.2) is 12.2 Å². The molecule has 0 aromatic heterocycles. The number of aliphatic hydroxyl groups excluding tert-OH is 3. The quantitative estimate of drug-likeness (QED) is 0.329. The molecule has 1 saturated heterocycles. The summed E-state index contributed by atoms with van der Waals surface area (Å²) in [7, 11) is 0. The van der Waals surface area contributed by atoms with Crippen LogP contribution in [0.2, 0.25) is 0 Å². The Morgan fingerprint density at radius 2 is 1.52 bits per heavy atom. The first-order chi connectivity index (χ1) is 12.2. The van der Waals surface area contributed by atoms with Gasteiger partial charge in [-0.05, 0) is 32.1 Å². The Bertz CT molecular complexity index is 334. The Balaban J connectivity index is 1.88. The molecule has 25 heavy (non-hydrogen) atoms. The number of hydrogen-bond donors (Lipinski definition) is 3. The standard InChI is InChI=1S/C20H38O5/c1-2-3-4-5-6-7-8-9-10-11-12-13-14-24-16-18-20(23)19(22)17(21)15-25-18/h9-10,17-23H,2-8,11-16H2,1H3/b10-9+/t17-,18+,19+,20+/m0/s1. The molecule has 4 atom stereocenters. The van der Waals surface area contributed by atoms with Gasteiger partial charge in [-0.3, -0.25) is 0 Å². The van der Waals surface area contributed by atoms with E-state index < -0.39 is 24.4 Å². The third-order valence-corrected chi connectivity index (χ3v) is 4.69. The van der Waals surface area contributed by atoms with Gasteiger partial charge in [-0.25, -0.2) is 0 Å². The summed E-state index contributed by atoms with van der Waals surface area (Å²) in [5.41, 5.74) is 0. The summed E-state index contributed by atoms with van der Waals surface area (Å²) in [4.78, 5) is 0. The Hall–Kier alpha value is -0.460. The second-order valence-corrected chi connectivity index (χ2v) is 7.02. The molecule has 0 aliphatic carbocycles. The lowest BCUT2D eigenvalue weighted by Crippen LogP contribution is -2.54. The van der Waals surface area contributed by atoms with Gasteiger partial charge in [0.2, 0.25) is 0 Å². The van der Waals surface area contributed by atoms with Crippen LogP contribution < -0.4 is 0 Å². The predicted molar refractivity (Wildman–Crippen MR) is 99.6 cm³/mol. The van der Waals surface area contributed by atoms with Gasteiger partial charge in [0.15, 0.2) is 0 Å². The first kappa shape index (κ1) is 22.6. The minimum absolute atomic E-state index is 0.0374. The second kappa shape index (κ2) is 14.7. The second-order valence-electron chi connectivity index (χ2n) is 7.02. The maximum absolute atomic E-state index is 9.79. The fourth-order valence-corrected chi connectivity index (χ4v) is 2.96. The van der Waals surface area contributed by atoms with Crippen LogP contribution >= 0.6 is 0 Å². The number of rotatable bonds is 14. The third-order valence-electron chi connectivity index (χ3n) is 4.69. The van der Waals surface area contributed by atoms with E-state index in [0.717, 1.165) is 19.3 Å². The van der Waals surface area contributed by atoms with Gasteiger partial charge < -0.3 is 24.8 Å². The molecule has 0 saturated carbocycles. The molecule has 1 aliphatic heterocycles. The lowest BCUT2D eigenvalue weighted by molar-refractivity contribution is -0.199. The average molecular weight is 359 g/mol. The van der Waals surface area contributed by atoms with Gasteiger partial charge in [-0.1, -0.05) is 51.2 Å². The van der Waals surface area contributed by atoms with Crippen LogP contribution in [0.25, 0.3) is 0 Å². The Kier molecular flexibility index (Phi) is 13.3. The molecular weight excluding hydrogens is 320 g/mol. The van der Waals surface area contributed by atoms with E-state index in [1.165, 1.54) is 44.9 Å². The molecule has 0 aromatic rings. The fraction of sp³-hybridized carbons (Fsp3) is 0.900. The van der Waals surface area contributed by atoms with E-state index >= 15 is 0 Å². The van der Waals surface area contributed by atoms with Gasteiger partial charge in [-0.15, -0.1) is 0 Å². The van der Waals surface area contributed by atoms with Crippen LogP contribution in [0.5, 0.6) is 0 Å². The van der Waals surface area contributed by atoms with E-state index in [9.17, 15) is 15.3 Å². The first-order valence-electron chi connectivity index (χ1n) is 10.0. The molecule has 1 aliphatic rings. The molecule has 5 heteroatoms. The van der Waals surface area contributed by atoms with Crippen LogP contribution in [-0.4, -0.2) is 59.6 Å². The van der Waals surface area contributed by atoms with Gasteiger partial charge in [0, 0.05) is 6.61 Å². The van der Waals surface area contributed by atoms with Crippen molar-refractivity contribution in [3.8, 4) is 0 Å². The smallest absolute Gasteiger partial charge is 0.111 e. The normalized spacial score (nSPS) is 27.2. The fourth-order valence-electron chi connectivity index (χ4n) is 2.96. The molecule has 5 nitrogen and oxygen atoms in total. The lowest BCUT2D eigenvalue weighted by Gasteiger charge is -2.35. The average Bonchev–Trinajstić information content (AvgIpc) is 2.61. The van der Waals surface area contributed by atoms with Crippen molar-refractivity contribution < 1.29 is 24.8 Å². The lowest BCUT2D eigenvalue weighted by atomic mass is 10.0. The molecule has 0 radical (unpaired) electrons. The SMILES string of the molecule is CCCCCCCC/C=C/CCCCOC[C@H]1OC[C@H](O)[C@@H](O)[C@@H]1O. The van der Waals surface area contributed by atoms with Gasteiger partial charge in [0.1, 0.15) is 24.4 Å². The van der Waals surface area contributed by atoms with Gasteiger partial charge in [0.05, 0.1) is 13.2 Å². The summed E-state index contributed by atoms with van der Waals surface area (Å²) in [6, 6.07) is 0. The van der Waals surface area contributed by atoms with Crippen molar-refractivity contribution in [3.05, 3.63) is 12.2 Å². The van der Waals surface area contributed by atoms with Crippen molar-refractivity contribution in [3.63, 3.8) is 0 Å². The number of ether oxygens (including phenoxy) is 2. The molecule has 148 valence electrons. The van der Waals surface area contributed by atoms with Crippen LogP contribution in [-0.2, 0) is 9.47 Å². The van der Waals surface area contributed by atoms with E-state index in [4.69, 9.17) is 9.47 Å². The highest BCUT2D eigenvalue weighted by Gasteiger charge is 2.37. The van der Waals surface area contributed by atoms with Gasteiger partial charge >= 0.3 is 0 Å². The maximum atomic E-state index is 9.79. The van der Waals surface area contributed by atoms with Crippen molar-refractivity contribution in [2.75, 3.05) is 19.8 Å². The predicted octanol–water partition coefficient (Wildman–Crippen LogP) is 2.96. The molecule has 0 unspecified atom stereocenters. The minimum Gasteiger partial charge on any atom is -0.388 e. The van der Waals surface area contributed by atoms with Gasteiger partial charge in [0.25, 0.3) is 0 Å². The van der Waals surface area contributed by atoms with Crippen LogP contribution in [0, 0.1) is 0 Å². The van der Waals surface area contributed by atoms with Crippen molar-refractivity contribution >= 4 is 0 Å². The summed E-state index contributed by atoms with van der Waals surface area (Å²) in [5, 5.41) is 28.8. The summed E-state index contributed by atoms with van der Waals surface area (Å²) < 4.78 is 10.8. The number of aliphatic hydroxyl groups is 3. The van der Waals surface area contributed by atoms with Crippen molar-refractivity contribution in [2.24, 2.45) is 0 Å². The molecule has 1 heterocycles. The highest BCUT2D eigenvalue weighted by molar-refractivity contribution is 4.86. The third kappa shape index (κ3) is 10.3. The number of unbranched alkanes of at least 4 members (excludes halogenated alkanes) is 8. The zero-order valence-corrected chi connectivity index (χ0v) is 15.8. The molecule has 1 rings (SSSR count). The minimum atomic E-state index is -1.15. The topological polar surface area (TPSA) is 79.2 Å². The number of allylic oxidation sites excluding steroid dienone is 2. The first-order valence-corrected chi connectivity index (χ1v) is 10.0. The molecular formula is C20H38O5. The zero-order chi connectivity index (χ0) is 18.3. The van der Waals surface area contributed by atoms with E-state index in [2.05, 4.69) is 19.1 Å². The van der Waals surface area contributed by atoms with Gasteiger partial charge in [-0.2, -0.15) is 0 Å². The molecule has 0 bridgehead atoms. The van der Waals surface area contributed by atoms with Crippen molar-refractivity contribution in [2.45, 2.75) is 95.5 Å². The highest BCUT2D eigenvalue weighted by atomic mass is 16.6. The summed E-state index contributed by atoms with van der Waals surface area (Å²) in [6.07, 6.45) is 13.1. The monoisotopic (exact) mass is 358 g/mol. The van der Waals surface area contributed by atoms with E-state index in [0.29, 0.717) is 6.61 Å². The van der Waals surface area contributed by atoms with Crippen molar-refractivity contribution in [1.29, 1.82) is 0 Å². The van der Waals surface area contributed by atoms with Crippen molar-refractivity contribution in [1.82, 2.24) is 0 Å². The summed E-state index contributed by atoms with van der Waals surface area (Å²) in [5.74, 6) is 0. The van der Waals surface area contributed by atoms with Crippen LogP contribution in [0.4, 0.5) is 0 Å². The number of hydrogen-bond acceptors (Lipinski definition) is 5. The maximum Gasteiger partial charge on any atom is 0.111 e. The Morgan fingerprint density at radius 3 is 2.24 bits per heavy atom. The van der Waals surface area contributed by atoms with E-state index in [1.807, 2.05) is 0 Å². The van der Waals surface area contributed by atoms with E-state index in [1.54, 1.807) is 0 Å². The summed E-state index contributed by atoms with van der Waals surface area (Å²) >= 11 is 0. The largest absolute Gasteiger partial charge is 0.388 e. The Labute approximate surface area is 153 Å². The molecule has 0 spiro atoms. The summed E-state index contributed by atoms with van der Waals surface area (Å²) in [6.45, 7) is 3.15. The molecule has 0 aromatic carbocycles. The highest BCUT2D eigenvalue weighted by Crippen LogP contribution is 2.16. The Morgan fingerprint density at radius 1 is 0.880 bits per heavy atom. The zero-order valence-electron chi connectivity index (χ0n) is 15.8. The van der Waals surface area contributed by atoms with E-state index in [-0.39, 0.29) is 13.2 Å². The van der Waals surface area contributed by atoms with Crippen LogP contribution in [0.1, 0.15) is 71.1 Å². The van der Waals surface area contributed by atoms with Crippen LogP contribution in [0.3, 0.4) is 0 Å². The molecule has 0 amide bonds. The molecule has 1 fully saturated rings.